The second-order valence-corrected chi connectivity index (χ2v) is 6.09. The molecule has 1 saturated heterocycles. The van der Waals surface area contributed by atoms with Crippen LogP contribution >= 0.6 is 0 Å². The van der Waals surface area contributed by atoms with Crippen LogP contribution in [0.25, 0.3) is 0 Å². The molecule has 1 aromatic rings. The van der Waals surface area contributed by atoms with E-state index in [2.05, 4.69) is 5.32 Å². The van der Waals surface area contributed by atoms with Crippen molar-refractivity contribution in [2.24, 2.45) is 0 Å². The molecule has 1 N–H and O–H groups in total. The van der Waals surface area contributed by atoms with Crippen molar-refractivity contribution < 1.29 is 27.5 Å². The average Bonchev–Trinajstić information content (AvgIpc) is 2.49. The molecule has 0 aromatic heterocycles. The second-order valence-electron chi connectivity index (χ2n) is 6.09. The van der Waals surface area contributed by atoms with Gasteiger partial charge in [-0.3, -0.25) is 9.59 Å². The Morgan fingerprint density at radius 3 is 2.42 bits per heavy atom. The summed E-state index contributed by atoms with van der Waals surface area (Å²) in [5.41, 5.74) is -1.80. The molecule has 1 aromatic carbocycles. The molecule has 0 bridgehead atoms. The van der Waals surface area contributed by atoms with Crippen LogP contribution in [0.1, 0.15) is 26.3 Å². The predicted molar refractivity (Wildman–Crippen MR) is 80.3 cm³/mol. The number of ether oxygens (including phenoxy) is 1. The summed E-state index contributed by atoms with van der Waals surface area (Å²) in [4.78, 5) is 25.8. The molecule has 0 spiro atoms. The van der Waals surface area contributed by atoms with Crippen LogP contribution in [-0.2, 0) is 15.8 Å². The third kappa shape index (κ3) is 3.63. The summed E-state index contributed by atoms with van der Waals surface area (Å²) in [5.74, 6) is -0.498. The number of nitrogens with zero attached hydrogens (tertiary/aromatic N) is 1. The highest BCUT2D eigenvalue weighted by Crippen LogP contribution is 2.30. The molecule has 2 rings (SSSR count). The minimum Gasteiger partial charge on any atom is -0.481 e. The molecule has 1 fully saturated rings. The Bertz CT molecular complexity index is 626. The first kappa shape index (κ1) is 18.1. The van der Waals surface area contributed by atoms with Crippen molar-refractivity contribution in [1.29, 1.82) is 0 Å². The molecule has 1 atom stereocenters. The van der Waals surface area contributed by atoms with Gasteiger partial charge in [0, 0.05) is 13.1 Å². The van der Waals surface area contributed by atoms with Gasteiger partial charge in [0.15, 0.2) is 6.10 Å². The molecule has 24 heavy (non-hydrogen) atoms. The average molecular weight is 344 g/mol. The quantitative estimate of drug-likeness (QED) is 0.915. The normalized spacial score (nSPS) is 18.8. The molecule has 8 heteroatoms. The Labute approximate surface area is 137 Å². The first-order valence-corrected chi connectivity index (χ1v) is 7.47. The fraction of sp³-hybridized carbons (Fsp3) is 0.500. The zero-order chi connectivity index (χ0) is 18.1. The SMILES string of the molecule is C[C@H](Oc1ccc(C(F)(F)F)cc1)C(=O)N1CCNC(=O)C1(C)C. The number of nitrogens with one attached hydrogen (secondary N) is 1. The van der Waals surface area contributed by atoms with Crippen LogP contribution in [0.2, 0.25) is 0 Å². The van der Waals surface area contributed by atoms with Crippen molar-refractivity contribution in [3.8, 4) is 5.75 Å². The first-order chi connectivity index (χ1) is 11.0. The van der Waals surface area contributed by atoms with Crippen LogP contribution < -0.4 is 10.1 Å². The van der Waals surface area contributed by atoms with E-state index in [1.807, 2.05) is 0 Å². The first-order valence-electron chi connectivity index (χ1n) is 7.47. The van der Waals surface area contributed by atoms with Crippen molar-refractivity contribution >= 4 is 11.8 Å². The number of piperazine rings is 1. The fourth-order valence-corrected chi connectivity index (χ4v) is 2.48. The van der Waals surface area contributed by atoms with Gasteiger partial charge in [-0.1, -0.05) is 0 Å². The standard InChI is InChI=1S/C16H19F3N2O3/c1-10(13(22)21-9-8-20-14(23)15(21,2)3)24-12-6-4-11(5-7-12)16(17,18)19/h4-7,10H,8-9H2,1-3H3,(H,20,23)/t10-/m0/s1. The molecule has 0 aliphatic carbocycles. The molecule has 2 amide bonds. The highest BCUT2D eigenvalue weighted by atomic mass is 19.4. The van der Waals surface area contributed by atoms with E-state index in [9.17, 15) is 22.8 Å². The van der Waals surface area contributed by atoms with E-state index in [1.54, 1.807) is 13.8 Å². The van der Waals surface area contributed by atoms with Gasteiger partial charge in [-0.15, -0.1) is 0 Å². The van der Waals surface area contributed by atoms with E-state index in [0.717, 1.165) is 12.1 Å². The van der Waals surface area contributed by atoms with Gasteiger partial charge in [0.1, 0.15) is 11.3 Å². The molecule has 0 unspecified atom stereocenters. The molecular weight excluding hydrogens is 325 g/mol. The molecule has 5 nitrogen and oxygen atoms in total. The zero-order valence-corrected chi connectivity index (χ0v) is 13.6. The van der Waals surface area contributed by atoms with E-state index in [-0.39, 0.29) is 11.7 Å². The third-order valence-electron chi connectivity index (χ3n) is 3.96. The lowest BCUT2D eigenvalue weighted by Gasteiger charge is -2.42. The molecule has 1 heterocycles. The lowest BCUT2D eigenvalue weighted by atomic mass is 9.98. The van der Waals surface area contributed by atoms with Crippen LogP contribution in [0.5, 0.6) is 5.75 Å². The maximum atomic E-state index is 12.5. The smallest absolute Gasteiger partial charge is 0.416 e. The zero-order valence-electron chi connectivity index (χ0n) is 13.6. The Hall–Kier alpha value is -2.25. The highest BCUT2D eigenvalue weighted by molar-refractivity contribution is 5.93. The van der Waals surface area contributed by atoms with Gasteiger partial charge in [-0.2, -0.15) is 13.2 Å². The molecule has 1 aliphatic heterocycles. The molecule has 0 radical (unpaired) electrons. The van der Waals surface area contributed by atoms with Gasteiger partial charge in [0.05, 0.1) is 5.56 Å². The van der Waals surface area contributed by atoms with Gasteiger partial charge in [0.2, 0.25) is 5.91 Å². The van der Waals surface area contributed by atoms with Gasteiger partial charge in [-0.25, -0.2) is 0 Å². The number of alkyl halides is 3. The van der Waals surface area contributed by atoms with Crippen LogP contribution in [0.4, 0.5) is 13.2 Å². The Morgan fingerprint density at radius 1 is 1.29 bits per heavy atom. The summed E-state index contributed by atoms with van der Waals surface area (Å²) < 4.78 is 43.0. The van der Waals surface area contributed by atoms with Crippen LogP contribution in [0.3, 0.4) is 0 Å². The molecule has 132 valence electrons. The van der Waals surface area contributed by atoms with Crippen molar-refractivity contribution in [3.05, 3.63) is 29.8 Å². The van der Waals surface area contributed by atoms with Gasteiger partial charge in [0.25, 0.3) is 5.91 Å². The number of carbonyl (C=O) groups excluding carboxylic acids is 2. The predicted octanol–water partition coefficient (Wildman–Crippen LogP) is 2.21. The molecule has 1 aliphatic rings. The minimum atomic E-state index is -4.43. The maximum absolute atomic E-state index is 12.5. The molecular formula is C16H19F3N2O3. The van der Waals surface area contributed by atoms with Crippen molar-refractivity contribution in [3.63, 3.8) is 0 Å². The Morgan fingerprint density at radius 2 is 1.88 bits per heavy atom. The summed E-state index contributed by atoms with van der Waals surface area (Å²) in [6, 6.07) is 4.12. The van der Waals surface area contributed by atoms with Crippen molar-refractivity contribution in [2.45, 2.75) is 38.6 Å². The summed E-state index contributed by atoms with van der Waals surface area (Å²) in [5, 5.41) is 2.69. The second kappa shape index (κ2) is 6.33. The Kier molecular flexibility index (Phi) is 4.77. The van der Waals surface area contributed by atoms with Crippen molar-refractivity contribution in [1.82, 2.24) is 10.2 Å². The topological polar surface area (TPSA) is 58.6 Å². The van der Waals surface area contributed by atoms with E-state index in [1.165, 1.54) is 24.0 Å². The summed E-state index contributed by atoms with van der Waals surface area (Å²) in [6.45, 7) is 5.45. The van der Waals surface area contributed by atoms with E-state index >= 15 is 0 Å². The number of hydrogen-bond donors (Lipinski definition) is 1. The van der Waals surface area contributed by atoms with Crippen LogP contribution in [0.15, 0.2) is 24.3 Å². The summed E-state index contributed by atoms with van der Waals surface area (Å²) >= 11 is 0. The summed E-state index contributed by atoms with van der Waals surface area (Å²) in [7, 11) is 0. The summed E-state index contributed by atoms with van der Waals surface area (Å²) in [6.07, 6.45) is -5.35. The third-order valence-corrected chi connectivity index (χ3v) is 3.96. The number of carbonyl (C=O) groups is 2. The molecule has 0 saturated carbocycles. The van der Waals surface area contributed by atoms with Gasteiger partial charge in [-0.05, 0) is 45.0 Å². The van der Waals surface area contributed by atoms with E-state index < -0.39 is 29.3 Å². The minimum absolute atomic E-state index is 0.156. The maximum Gasteiger partial charge on any atom is 0.416 e. The number of benzene rings is 1. The largest absolute Gasteiger partial charge is 0.481 e. The number of rotatable bonds is 3. The lowest BCUT2D eigenvalue weighted by molar-refractivity contribution is -0.153. The number of hydrogen-bond acceptors (Lipinski definition) is 3. The number of amides is 2. The van der Waals surface area contributed by atoms with E-state index in [4.69, 9.17) is 4.74 Å². The van der Waals surface area contributed by atoms with Crippen molar-refractivity contribution in [2.75, 3.05) is 13.1 Å². The van der Waals surface area contributed by atoms with E-state index in [0.29, 0.717) is 13.1 Å². The van der Waals surface area contributed by atoms with Gasteiger partial charge >= 0.3 is 6.18 Å². The fourth-order valence-electron chi connectivity index (χ4n) is 2.48. The van der Waals surface area contributed by atoms with Gasteiger partial charge < -0.3 is 15.0 Å². The Balaban J connectivity index is 2.07. The highest BCUT2D eigenvalue weighted by Gasteiger charge is 2.42. The number of halogens is 3. The van der Waals surface area contributed by atoms with Crippen LogP contribution in [-0.4, -0.2) is 41.4 Å². The van der Waals surface area contributed by atoms with Crippen LogP contribution in [0, 0.1) is 0 Å². The lowest BCUT2D eigenvalue weighted by Crippen LogP contribution is -2.65. The monoisotopic (exact) mass is 344 g/mol.